The van der Waals surface area contributed by atoms with Gasteiger partial charge in [0.25, 0.3) is 5.56 Å². The van der Waals surface area contributed by atoms with Gasteiger partial charge in [-0.2, -0.15) is 0 Å². The van der Waals surface area contributed by atoms with Crippen molar-refractivity contribution < 1.29 is 14.3 Å². The third-order valence-corrected chi connectivity index (χ3v) is 3.53. The molecule has 8 nitrogen and oxygen atoms in total. The van der Waals surface area contributed by atoms with Crippen molar-refractivity contribution in [1.82, 2.24) is 14.1 Å². The summed E-state index contributed by atoms with van der Waals surface area (Å²) in [7, 11) is 2.95. The largest absolute Gasteiger partial charge is 0.478 e. The fraction of sp³-hybridized carbons (Fsp3) is 0.125. The fourth-order valence-electron chi connectivity index (χ4n) is 2.26. The number of carboxylic acid groups (broad SMARTS) is 1. The van der Waals surface area contributed by atoms with Crippen LogP contribution >= 0.6 is 0 Å². The molecule has 1 N–H and O–H groups in total. The summed E-state index contributed by atoms with van der Waals surface area (Å²) in [5, 5.41) is 8.97. The number of rotatable bonds is 3. The minimum atomic E-state index is -1.06. The van der Waals surface area contributed by atoms with E-state index in [4.69, 9.17) is 9.52 Å². The van der Waals surface area contributed by atoms with Crippen LogP contribution in [0.1, 0.15) is 21.8 Å². The number of oxazole rings is 1. The van der Waals surface area contributed by atoms with Gasteiger partial charge in [0.2, 0.25) is 5.89 Å². The van der Waals surface area contributed by atoms with E-state index < -0.39 is 17.2 Å². The number of benzene rings is 1. The van der Waals surface area contributed by atoms with Gasteiger partial charge in [-0.15, -0.1) is 0 Å². The highest BCUT2D eigenvalue weighted by Gasteiger charge is 2.09. The second-order valence-electron chi connectivity index (χ2n) is 5.22. The fourth-order valence-corrected chi connectivity index (χ4v) is 2.26. The Bertz CT molecular complexity index is 1100. The lowest BCUT2D eigenvalue weighted by molar-refractivity contribution is 0.0697. The molecule has 0 aliphatic rings. The Hall–Kier alpha value is -3.42. The summed E-state index contributed by atoms with van der Waals surface area (Å²) in [5.41, 5.74) is 0.393. The van der Waals surface area contributed by atoms with Crippen molar-refractivity contribution in [2.24, 2.45) is 14.1 Å². The molecule has 24 heavy (non-hydrogen) atoms. The van der Waals surface area contributed by atoms with Gasteiger partial charge >= 0.3 is 11.7 Å². The molecule has 0 saturated heterocycles. The summed E-state index contributed by atoms with van der Waals surface area (Å²) in [6, 6.07) is 4.36. The lowest BCUT2D eigenvalue weighted by atomic mass is 10.2. The molecule has 0 amide bonds. The SMILES string of the molecule is Cn1cc(/C=C/c2nc3ccc(C(=O)O)cc3o2)c(=O)n(C)c1=O. The predicted octanol–water partition coefficient (Wildman–Crippen LogP) is 1.09. The Morgan fingerprint density at radius 1 is 1.25 bits per heavy atom. The van der Waals surface area contributed by atoms with Gasteiger partial charge in [-0.05, 0) is 24.3 Å². The Morgan fingerprint density at radius 2 is 2.00 bits per heavy atom. The molecule has 0 saturated carbocycles. The number of nitrogens with zero attached hydrogens (tertiary/aromatic N) is 3. The molecule has 1 aromatic carbocycles. The molecule has 8 heteroatoms. The van der Waals surface area contributed by atoms with Crippen LogP contribution in [0.25, 0.3) is 23.3 Å². The van der Waals surface area contributed by atoms with E-state index in [1.54, 1.807) is 13.1 Å². The van der Waals surface area contributed by atoms with Crippen molar-refractivity contribution in [2.45, 2.75) is 0 Å². The Labute approximate surface area is 134 Å². The summed E-state index contributed by atoms with van der Waals surface area (Å²) in [6.07, 6.45) is 4.40. The minimum absolute atomic E-state index is 0.0982. The zero-order valence-corrected chi connectivity index (χ0v) is 12.9. The summed E-state index contributed by atoms with van der Waals surface area (Å²) < 4.78 is 7.77. The lowest BCUT2D eigenvalue weighted by Crippen LogP contribution is -2.37. The monoisotopic (exact) mass is 327 g/mol. The molecule has 122 valence electrons. The van der Waals surface area contributed by atoms with Gasteiger partial charge in [0.15, 0.2) is 5.58 Å². The number of carbonyl (C=O) groups is 1. The van der Waals surface area contributed by atoms with Crippen LogP contribution in [0.3, 0.4) is 0 Å². The normalized spacial score (nSPS) is 11.4. The maximum absolute atomic E-state index is 12.0. The summed E-state index contributed by atoms with van der Waals surface area (Å²) in [5.74, 6) is -0.831. The van der Waals surface area contributed by atoms with E-state index in [0.717, 1.165) is 4.57 Å². The highest BCUT2D eigenvalue weighted by molar-refractivity contribution is 5.92. The number of aromatic carboxylic acids is 1. The van der Waals surface area contributed by atoms with Crippen LogP contribution in [0.2, 0.25) is 0 Å². The number of hydrogen-bond acceptors (Lipinski definition) is 5. The van der Waals surface area contributed by atoms with Gasteiger partial charge in [-0.3, -0.25) is 9.36 Å². The van der Waals surface area contributed by atoms with Crippen molar-refractivity contribution in [3.8, 4) is 0 Å². The number of fused-ring (bicyclic) bond motifs is 1. The van der Waals surface area contributed by atoms with Gasteiger partial charge in [-0.25, -0.2) is 14.6 Å². The van der Waals surface area contributed by atoms with E-state index in [1.165, 1.54) is 42.1 Å². The zero-order valence-electron chi connectivity index (χ0n) is 12.9. The highest BCUT2D eigenvalue weighted by Crippen LogP contribution is 2.18. The molecule has 2 heterocycles. The average molecular weight is 327 g/mol. The van der Waals surface area contributed by atoms with Gasteiger partial charge in [-0.1, -0.05) is 0 Å². The van der Waals surface area contributed by atoms with Crippen LogP contribution < -0.4 is 11.2 Å². The van der Waals surface area contributed by atoms with Crippen LogP contribution in [0, 0.1) is 0 Å². The Morgan fingerprint density at radius 3 is 2.71 bits per heavy atom. The van der Waals surface area contributed by atoms with E-state index in [1.807, 2.05) is 0 Å². The maximum atomic E-state index is 12.0. The molecule has 0 aliphatic carbocycles. The van der Waals surface area contributed by atoms with Crippen LogP contribution in [-0.4, -0.2) is 25.2 Å². The van der Waals surface area contributed by atoms with E-state index in [2.05, 4.69) is 4.98 Å². The smallest absolute Gasteiger partial charge is 0.335 e. The molecule has 0 atom stereocenters. The first-order valence-electron chi connectivity index (χ1n) is 6.95. The molecule has 3 rings (SSSR count). The average Bonchev–Trinajstić information content (AvgIpc) is 2.96. The van der Waals surface area contributed by atoms with Gasteiger partial charge in [0, 0.05) is 26.4 Å². The van der Waals surface area contributed by atoms with Crippen molar-refractivity contribution in [2.75, 3.05) is 0 Å². The van der Waals surface area contributed by atoms with Gasteiger partial charge in [0.05, 0.1) is 11.1 Å². The highest BCUT2D eigenvalue weighted by atomic mass is 16.4. The van der Waals surface area contributed by atoms with Crippen molar-refractivity contribution >= 4 is 29.2 Å². The van der Waals surface area contributed by atoms with Crippen LogP contribution in [0.4, 0.5) is 0 Å². The first-order chi connectivity index (χ1) is 11.4. The number of aromatic nitrogens is 3. The molecular weight excluding hydrogens is 314 g/mol. The van der Waals surface area contributed by atoms with Crippen molar-refractivity contribution in [3.05, 3.63) is 62.3 Å². The van der Waals surface area contributed by atoms with E-state index in [9.17, 15) is 14.4 Å². The third kappa shape index (κ3) is 2.65. The molecule has 0 aliphatic heterocycles. The van der Waals surface area contributed by atoms with Crippen LogP contribution in [-0.2, 0) is 14.1 Å². The van der Waals surface area contributed by atoms with E-state index in [-0.39, 0.29) is 11.5 Å². The molecule has 0 radical (unpaired) electrons. The standard InChI is InChI=1S/C16H13N3O5/c1-18-8-10(14(20)19(2)16(18)23)4-6-13-17-11-5-3-9(15(21)22)7-12(11)24-13/h3-8H,1-2H3,(H,21,22)/b6-4+. The number of carboxylic acids is 1. The first kappa shape index (κ1) is 15.5. The predicted molar refractivity (Wildman–Crippen MR) is 86.8 cm³/mol. The summed E-state index contributed by atoms with van der Waals surface area (Å²) in [4.78, 5) is 38.8. The third-order valence-electron chi connectivity index (χ3n) is 3.53. The van der Waals surface area contributed by atoms with Crippen molar-refractivity contribution in [1.29, 1.82) is 0 Å². The van der Waals surface area contributed by atoms with Gasteiger partial charge in [0.1, 0.15) is 5.52 Å². The Balaban J connectivity index is 2.01. The first-order valence-corrected chi connectivity index (χ1v) is 6.95. The van der Waals surface area contributed by atoms with E-state index in [0.29, 0.717) is 16.7 Å². The minimum Gasteiger partial charge on any atom is -0.478 e. The molecule has 0 bridgehead atoms. The van der Waals surface area contributed by atoms with Gasteiger partial charge < -0.3 is 14.1 Å². The lowest BCUT2D eigenvalue weighted by Gasteiger charge is -2.02. The molecular formula is C16H13N3O5. The van der Waals surface area contributed by atoms with Crippen molar-refractivity contribution in [3.63, 3.8) is 0 Å². The second-order valence-corrected chi connectivity index (χ2v) is 5.22. The molecule has 0 fully saturated rings. The quantitative estimate of drug-likeness (QED) is 0.771. The van der Waals surface area contributed by atoms with E-state index >= 15 is 0 Å². The molecule has 0 spiro atoms. The molecule has 2 aromatic heterocycles. The van der Waals surface area contributed by atoms with Crippen LogP contribution in [0.5, 0.6) is 0 Å². The second kappa shape index (κ2) is 5.65. The summed E-state index contributed by atoms with van der Waals surface area (Å²) >= 11 is 0. The Kier molecular flexibility index (Phi) is 3.64. The maximum Gasteiger partial charge on any atom is 0.335 e. The summed E-state index contributed by atoms with van der Waals surface area (Å²) in [6.45, 7) is 0. The van der Waals surface area contributed by atoms with Crippen LogP contribution in [0.15, 0.2) is 38.4 Å². The molecule has 0 unspecified atom stereocenters. The number of aryl methyl sites for hydroxylation is 1. The topological polar surface area (TPSA) is 107 Å². The zero-order chi connectivity index (χ0) is 17.4. The number of hydrogen-bond donors (Lipinski definition) is 1. The molecule has 3 aromatic rings.